The molecule has 0 heterocycles. The van der Waals surface area contributed by atoms with Crippen LogP contribution in [0.2, 0.25) is 0 Å². The van der Waals surface area contributed by atoms with Crippen molar-refractivity contribution in [2.24, 2.45) is 0 Å². The fourth-order valence-electron chi connectivity index (χ4n) is 2.58. The molecule has 0 amide bonds. The molecule has 1 aromatic rings. The monoisotopic (exact) mass is 278 g/mol. The molecule has 1 heteroatoms. The van der Waals surface area contributed by atoms with Crippen LogP contribution in [0, 0.1) is 0 Å². The quantitative estimate of drug-likeness (QED) is 0.392. The first kappa shape index (κ1) is 16.6. The number of hydrogen-bond acceptors (Lipinski definition) is 1. The van der Waals surface area contributed by atoms with Gasteiger partial charge >= 0.3 is 0 Å². The van der Waals surface area contributed by atoms with Gasteiger partial charge in [-0.05, 0) is 29.5 Å². The minimum Gasteiger partial charge on any atom is -0.143 e. The normalized spacial score (nSPS) is 11.8. The standard InChI is InChI=1S/C18H30S/c1-4-5-6-7-8-9-10-15-18(2,3)16-11-13-17(19)14-12-16/h11-14,19H,4-10,15H2,1-3H3. The van der Waals surface area contributed by atoms with Crippen LogP contribution in [0.15, 0.2) is 29.2 Å². The Morgan fingerprint density at radius 1 is 0.842 bits per heavy atom. The Bertz CT molecular complexity index is 337. The van der Waals surface area contributed by atoms with Gasteiger partial charge in [0.1, 0.15) is 0 Å². The maximum Gasteiger partial charge on any atom is 0.00401 e. The largest absolute Gasteiger partial charge is 0.143 e. The van der Waals surface area contributed by atoms with Crippen LogP contribution in [0.4, 0.5) is 0 Å². The number of thiol groups is 1. The molecule has 0 N–H and O–H groups in total. The van der Waals surface area contributed by atoms with Gasteiger partial charge < -0.3 is 0 Å². The van der Waals surface area contributed by atoms with Gasteiger partial charge in [0.25, 0.3) is 0 Å². The first-order valence-electron chi connectivity index (χ1n) is 7.86. The molecule has 0 unspecified atom stereocenters. The van der Waals surface area contributed by atoms with Crippen molar-refractivity contribution in [2.75, 3.05) is 0 Å². The Balaban J connectivity index is 2.25. The first-order chi connectivity index (χ1) is 9.06. The SMILES string of the molecule is CCCCCCCCCC(C)(C)c1ccc(S)cc1. The predicted molar refractivity (Wildman–Crippen MR) is 89.3 cm³/mol. The van der Waals surface area contributed by atoms with Gasteiger partial charge in [0.05, 0.1) is 0 Å². The molecule has 0 radical (unpaired) electrons. The van der Waals surface area contributed by atoms with Gasteiger partial charge in [-0.3, -0.25) is 0 Å². The second-order valence-corrected chi connectivity index (χ2v) is 6.82. The van der Waals surface area contributed by atoms with E-state index < -0.39 is 0 Å². The van der Waals surface area contributed by atoms with E-state index in [4.69, 9.17) is 0 Å². The molecule has 0 aliphatic rings. The van der Waals surface area contributed by atoms with Crippen molar-refractivity contribution in [3.8, 4) is 0 Å². The molecular formula is C18H30S. The highest BCUT2D eigenvalue weighted by atomic mass is 32.1. The lowest BCUT2D eigenvalue weighted by atomic mass is 9.80. The Hall–Kier alpha value is -0.430. The second kappa shape index (κ2) is 8.68. The summed E-state index contributed by atoms with van der Waals surface area (Å²) in [5.41, 5.74) is 1.74. The maximum absolute atomic E-state index is 4.35. The lowest BCUT2D eigenvalue weighted by molar-refractivity contribution is 0.442. The fraction of sp³-hybridized carbons (Fsp3) is 0.667. The third-order valence-electron chi connectivity index (χ3n) is 4.05. The van der Waals surface area contributed by atoms with E-state index >= 15 is 0 Å². The molecule has 0 aliphatic heterocycles. The van der Waals surface area contributed by atoms with Crippen LogP contribution in [0.25, 0.3) is 0 Å². The van der Waals surface area contributed by atoms with Crippen molar-refractivity contribution in [2.45, 2.75) is 82.4 Å². The average molecular weight is 279 g/mol. The summed E-state index contributed by atoms with van der Waals surface area (Å²) < 4.78 is 0. The van der Waals surface area contributed by atoms with E-state index in [2.05, 4.69) is 57.7 Å². The van der Waals surface area contributed by atoms with Gasteiger partial charge in [0.2, 0.25) is 0 Å². The molecule has 0 fully saturated rings. The molecule has 0 nitrogen and oxygen atoms in total. The minimum atomic E-state index is 0.297. The van der Waals surface area contributed by atoms with Crippen molar-refractivity contribution in [3.05, 3.63) is 29.8 Å². The Labute approximate surface area is 125 Å². The number of benzene rings is 1. The first-order valence-corrected chi connectivity index (χ1v) is 8.30. The van der Waals surface area contributed by atoms with Crippen molar-refractivity contribution in [3.63, 3.8) is 0 Å². The molecular weight excluding hydrogens is 248 g/mol. The minimum absolute atomic E-state index is 0.297. The third kappa shape index (κ3) is 6.51. The van der Waals surface area contributed by atoms with Crippen LogP contribution in [0.5, 0.6) is 0 Å². The number of rotatable bonds is 9. The predicted octanol–water partition coefficient (Wildman–Crippen LogP) is 6.39. The van der Waals surface area contributed by atoms with Crippen LogP contribution >= 0.6 is 12.6 Å². The third-order valence-corrected chi connectivity index (χ3v) is 4.35. The molecule has 19 heavy (non-hydrogen) atoms. The van der Waals surface area contributed by atoms with E-state index in [1.807, 2.05) is 0 Å². The molecule has 0 saturated carbocycles. The summed E-state index contributed by atoms with van der Waals surface area (Å²) >= 11 is 4.35. The topological polar surface area (TPSA) is 0 Å². The molecule has 0 aromatic heterocycles. The van der Waals surface area contributed by atoms with Crippen molar-refractivity contribution in [1.29, 1.82) is 0 Å². The van der Waals surface area contributed by atoms with Crippen LogP contribution in [0.1, 0.15) is 77.7 Å². The highest BCUT2D eigenvalue weighted by molar-refractivity contribution is 7.80. The van der Waals surface area contributed by atoms with E-state index in [9.17, 15) is 0 Å². The molecule has 0 atom stereocenters. The smallest absolute Gasteiger partial charge is 0.00401 e. The van der Waals surface area contributed by atoms with E-state index in [1.165, 1.54) is 56.9 Å². The number of unbranched alkanes of at least 4 members (excludes halogenated alkanes) is 6. The highest BCUT2D eigenvalue weighted by Gasteiger charge is 2.19. The summed E-state index contributed by atoms with van der Waals surface area (Å²) in [7, 11) is 0. The van der Waals surface area contributed by atoms with Crippen molar-refractivity contribution < 1.29 is 0 Å². The average Bonchev–Trinajstić information content (AvgIpc) is 2.38. The molecule has 0 bridgehead atoms. The van der Waals surface area contributed by atoms with Crippen LogP contribution in [-0.4, -0.2) is 0 Å². The lowest BCUT2D eigenvalue weighted by Crippen LogP contribution is -2.16. The zero-order valence-electron chi connectivity index (χ0n) is 12.9. The lowest BCUT2D eigenvalue weighted by Gasteiger charge is -2.25. The van der Waals surface area contributed by atoms with E-state index in [0.717, 1.165) is 4.90 Å². The van der Waals surface area contributed by atoms with E-state index in [0.29, 0.717) is 5.41 Å². The molecule has 0 aliphatic carbocycles. The maximum atomic E-state index is 4.35. The Kier molecular flexibility index (Phi) is 7.60. The van der Waals surface area contributed by atoms with Gasteiger partial charge in [0.15, 0.2) is 0 Å². The Morgan fingerprint density at radius 2 is 1.37 bits per heavy atom. The molecule has 108 valence electrons. The number of hydrogen-bond donors (Lipinski definition) is 1. The van der Waals surface area contributed by atoms with Gasteiger partial charge in [0, 0.05) is 4.90 Å². The second-order valence-electron chi connectivity index (χ2n) is 6.30. The fourth-order valence-corrected chi connectivity index (χ4v) is 2.73. The summed E-state index contributed by atoms with van der Waals surface area (Å²) in [6, 6.07) is 8.66. The highest BCUT2D eigenvalue weighted by Crippen LogP contribution is 2.30. The van der Waals surface area contributed by atoms with Crippen LogP contribution in [-0.2, 0) is 5.41 Å². The Morgan fingerprint density at radius 3 is 1.95 bits per heavy atom. The summed E-state index contributed by atoms with van der Waals surface area (Å²) in [5.74, 6) is 0. The van der Waals surface area contributed by atoms with Gasteiger partial charge in [-0.15, -0.1) is 12.6 Å². The van der Waals surface area contributed by atoms with Gasteiger partial charge in [-0.1, -0.05) is 77.8 Å². The van der Waals surface area contributed by atoms with Crippen LogP contribution in [0.3, 0.4) is 0 Å². The van der Waals surface area contributed by atoms with E-state index in [-0.39, 0.29) is 0 Å². The van der Waals surface area contributed by atoms with Gasteiger partial charge in [-0.2, -0.15) is 0 Å². The van der Waals surface area contributed by atoms with Crippen LogP contribution < -0.4 is 0 Å². The van der Waals surface area contributed by atoms with Crippen molar-refractivity contribution >= 4 is 12.6 Å². The summed E-state index contributed by atoms with van der Waals surface area (Å²) in [6.07, 6.45) is 11.0. The molecule has 0 saturated heterocycles. The van der Waals surface area contributed by atoms with Gasteiger partial charge in [-0.25, -0.2) is 0 Å². The van der Waals surface area contributed by atoms with E-state index in [1.54, 1.807) is 0 Å². The molecule has 1 aromatic carbocycles. The summed E-state index contributed by atoms with van der Waals surface area (Å²) in [5, 5.41) is 0. The molecule has 0 spiro atoms. The summed E-state index contributed by atoms with van der Waals surface area (Å²) in [4.78, 5) is 1.05. The molecule has 1 rings (SSSR count). The zero-order valence-corrected chi connectivity index (χ0v) is 13.8. The van der Waals surface area contributed by atoms with Crippen molar-refractivity contribution in [1.82, 2.24) is 0 Å². The zero-order chi connectivity index (χ0) is 14.1. The summed E-state index contributed by atoms with van der Waals surface area (Å²) in [6.45, 7) is 6.99.